The molecule has 1 aliphatic rings. The van der Waals surface area contributed by atoms with Crippen molar-refractivity contribution in [2.24, 2.45) is 0 Å². The van der Waals surface area contributed by atoms with Crippen LogP contribution in [0.1, 0.15) is 24.6 Å². The molecule has 1 aromatic carbocycles. The Labute approximate surface area is 201 Å². The molecule has 0 spiro atoms. The number of pyridine rings is 1. The van der Waals surface area contributed by atoms with Crippen LogP contribution in [0.5, 0.6) is 0 Å². The van der Waals surface area contributed by atoms with Gasteiger partial charge in [-0.1, -0.05) is 24.9 Å². The van der Waals surface area contributed by atoms with Crippen molar-refractivity contribution < 1.29 is 4.39 Å². The van der Waals surface area contributed by atoms with Crippen LogP contribution in [0, 0.1) is 5.82 Å². The van der Waals surface area contributed by atoms with E-state index in [1.165, 1.54) is 34.8 Å². The van der Waals surface area contributed by atoms with Gasteiger partial charge in [-0.2, -0.15) is 9.36 Å². The van der Waals surface area contributed by atoms with E-state index in [2.05, 4.69) is 55.6 Å². The Morgan fingerprint density at radius 3 is 2.61 bits per heavy atom. The van der Waals surface area contributed by atoms with Crippen LogP contribution in [0.4, 0.5) is 15.3 Å². The molecule has 0 amide bonds. The highest BCUT2D eigenvalue weighted by Crippen LogP contribution is 2.33. The Hall–Kier alpha value is -2.75. The second-order valence-electron chi connectivity index (χ2n) is 7.90. The van der Waals surface area contributed by atoms with E-state index >= 15 is 0 Å². The lowest BCUT2D eigenvalue weighted by molar-refractivity contribution is 0.518. The standard InChI is InChI=1S/C24H25FN6S2/c1-4-20-23(29(2)24-27-22(28-33-24)17-5-8-19(25)9-6-17)31-15-18(7-10-21(31)26-20)16-11-13-30(32-3)14-12-16/h5-11,15H,4,12-14H2,1-3H3. The average Bonchev–Trinajstić information content (AvgIpc) is 3.49. The normalized spacial score (nSPS) is 14.6. The number of rotatable bonds is 6. The Kier molecular flexibility index (Phi) is 6.18. The van der Waals surface area contributed by atoms with E-state index in [4.69, 9.17) is 9.97 Å². The third-order valence-corrected chi connectivity index (χ3v) is 7.56. The first-order valence-electron chi connectivity index (χ1n) is 10.9. The summed E-state index contributed by atoms with van der Waals surface area (Å²) < 4.78 is 22.3. The third-order valence-electron chi connectivity index (χ3n) is 5.92. The van der Waals surface area contributed by atoms with Gasteiger partial charge in [0, 0.05) is 43.4 Å². The lowest BCUT2D eigenvalue weighted by atomic mass is 10.0. The molecule has 3 aromatic heterocycles. The second kappa shape index (κ2) is 9.24. The second-order valence-corrected chi connectivity index (χ2v) is 9.51. The molecule has 0 aliphatic carbocycles. The highest BCUT2D eigenvalue weighted by molar-refractivity contribution is 7.96. The predicted molar refractivity (Wildman–Crippen MR) is 136 cm³/mol. The molecule has 4 heterocycles. The van der Waals surface area contributed by atoms with Gasteiger partial charge in [0.05, 0.1) is 5.69 Å². The van der Waals surface area contributed by atoms with Crippen LogP contribution in [0.25, 0.3) is 22.6 Å². The third kappa shape index (κ3) is 4.28. The molecule has 0 atom stereocenters. The SMILES string of the molecule is CCc1nc2ccc(C3=CCN(SC)CC3)cn2c1N(C)c1nc(-c2ccc(F)cc2)ns1. The number of aryl methyl sites for hydroxylation is 1. The monoisotopic (exact) mass is 480 g/mol. The minimum Gasteiger partial charge on any atom is -0.304 e. The molecule has 33 heavy (non-hydrogen) atoms. The maximum absolute atomic E-state index is 13.3. The molecule has 9 heteroatoms. The summed E-state index contributed by atoms with van der Waals surface area (Å²) in [5.74, 6) is 1.33. The Morgan fingerprint density at radius 2 is 1.91 bits per heavy atom. The Bertz CT molecular complexity index is 1310. The summed E-state index contributed by atoms with van der Waals surface area (Å²) in [4.78, 5) is 11.7. The number of halogens is 1. The number of benzene rings is 1. The van der Waals surface area contributed by atoms with Crippen LogP contribution in [-0.2, 0) is 6.42 Å². The maximum atomic E-state index is 13.3. The van der Waals surface area contributed by atoms with Crippen molar-refractivity contribution in [1.29, 1.82) is 0 Å². The molecule has 0 N–H and O–H groups in total. The summed E-state index contributed by atoms with van der Waals surface area (Å²) in [6.45, 7) is 4.13. The number of fused-ring (bicyclic) bond motifs is 1. The molecule has 4 aromatic rings. The molecule has 0 saturated carbocycles. The van der Waals surface area contributed by atoms with E-state index in [0.29, 0.717) is 5.82 Å². The smallest absolute Gasteiger partial charge is 0.210 e. The summed E-state index contributed by atoms with van der Waals surface area (Å²) in [6, 6.07) is 10.5. The Balaban J connectivity index is 1.51. The van der Waals surface area contributed by atoms with E-state index < -0.39 is 0 Å². The van der Waals surface area contributed by atoms with Crippen LogP contribution in [0.15, 0.2) is 48.7 Å². The van der Waals surface area contributed by atoms with Crippen molar-refractivity contribution in [1.82, 2.24) is 23.0 Å². The molecule has 1 aliphatic heterocycles. The van der Waals surface area contributed by atoms with Gasteiger partial charge in [0.15, 0.2) is 5.82 Å². The van der Waals surface area contributed by atoms with Gasteiger partial charge in [-0.15, -0.1) is 0 Å². The zero-order valence-electron chi connectivity index (χ0n) is 18.8. The van der Waals surface area contributed by atoms with Crippen LogP contribution in [0.2, 0.25) is 0 Å². The van der Waals surface area contributed by atoms with Crippen molar-refractivity contribution in [2.45, 2.75) is 19.8 Å². The lowest BCUT2D eigenvalue weighted by Crippen LogP contribution is -2.21. The molecule has 5 rings (SSSR count). The van der Waals surface area contributed by atoms with Gasteiger partial charge >= 0.3 is 0 Å². The zero-order chi connectivity index (χ0) is 22.9. The number of hydrogen-bond acceptors (Lipinski definition) is 7. The van der Waals surface area contributed by atoms with Gasteiger partial charge in [0.25, 0.3) is 0 Å². The lowest BCUT2D eigenvalue weighted by Gasteiger charge is -2.24. The van der Waals surface area contributed by atoms with E-state index in [1.54, 1.807) is 24.1 Å². The van der Waals surface area contributed by atoms with Crippen LogP contribution in [0.3, 0.4) is 0 Å². The molecule has 170 valence electrons. The first-order valence-corrected chi connectivity index (χ1v) is 12.9. The quantitative estimate of drug-likeness (QED) is 0.331. The van der Waals surface area contributed by atoms with Gasteiger partial charge < -0.3 is 4.90 Å². The summed E-state index contributed by atoms with van der Waals surface area (Å²) in [5.41, 5.74) is 5.33. The molecule has 0 bridgehead atoms. The fourth-order valence-corrected chi connectivity index (χ4v) is 5.25. The van der Waals surface area contributed by atoms with Crippen LogP contribution < -0.4 is 4.90 Å². The fourth-order valence-electron chi connectivity index (χ4n) is 4.10. The fraction of sp³-hybridized carbons (Fsp3) is 0.292. The largest absolute Gasteiger partial charge is 0.304 e. The molecule has 0 saturated heterocycles. The minimum atomic E-state index is -0.269. The molecule has 0 fully saturated rings. The summed E-state index contributed by atoms with van der Waals surface area (Å²) >= 11 is 3.12. The number of anilines is 2. The summed E-state index contributed by atoms with van der Waals surface area (Å²) in [5, 5.41) is 0.767. The number of imidazole rings is 1. The molecule has 0 unspecified atom stereocenters. The van der Waals surface area contributed by atoms with Gasteiger partial charge in [-0.05, 0) is 66.6 Å². The van der Waals surface area contributed by atoms with Crippen molar-refractivity contribution in [3.63, 3.8) is 0 Å². The Morgan fingerprint density at radius 1 is 1.12 bits per heavy atom. The van der Waals surface area contributed by atoms with Gasteiger partial charge in [-0.3, -0.25) is 4.40 Å². The van der Waals surface area contributed by atoms with E-state index in [0.717, 1.165) is 53.8 Å². The minimum absolute atomic E-state index is 0.269. The molecule has 0 radical (unpaired) electrons. The van der Waals surface area contributed by atoms with E-state index in [1.807, 2.05) is 7.05 Å². The topological polar surface area (TPSA) is 49.6 Å². The number of hydrogen-bond donors (Lipinski definition) is 0. The average molecular weight is 481 g/mol. The van der Waals surface area contributed by atoms with Gasteiger partial charge in [0.2, 0.25) is 5.13 Å². The number of nitrogens with zero attached hydrogens (tertiary/aromatic N) is 6. The van der Waals surface area contributed by atoms with Crippen LogP contribution >= 0.6 is 23.5 Å². The van der Waals surface area contributed by atoms with Gasteiger partial charge in [-0.25, -0.2) is 13.7 Å². The van der Waals surface area contributed by atoms with Crippen molar-refractivity contribution in [3.05, 3.63) is 65.7 Å². The maximum Gasteiger partial charge on any atom is 0.210 e. The molecular formula is C24H25FN6S2. The van der Waals surface area contributed by atoms with Crippen molar-refractivity contribution in [3.8, 4) is 11.4 Å². The van der Waals surface area contributed by atoms with Crippen molar-refractivity contribution >= 4 is 45.7 Å². The summed E-state index contributed by atoms with van der Waals surface area (Å²) in [6.07, 6.45) is 8.48. The zero-order valence-corrected chi connectivity index (χ0v) is 20.5. The number of aromatic nitrogens is 4. The van der Waals surface area contributed by atoms with Crippen LogP contribution in [-0.4, -0.2) is 49.4 Å². The highest BCUT2D eigenvalue weighted by atomic mass is 32.2. The van der Waals surface area contributed by atoms with Crippen molar-refractivity contribution in [2.75, 3.05) is 31.3 Å². The van der Waals surface area contributed by atoms with Gasteiger partial charge in [0.1, 0.15) is 17.3 Å². The molecular weight excluding hydrogens is 455 g/mol. The van der Waals surface area contributed by atoms with E-state index in [-0.39, 0.29) is 5.82 Å². The summed E-state index contributed by atoms with van der Waals surface area (Å²) in [7, 11) is 2.00. The highest BCUT2D eigenvalue weighted by Gasteiger charge is 2.21. The predicted octanol–water partition coefficient (Wildman–Crippen LogP) is 5.69. The molecule has 6 nitrogen and oxygen atoms in total. The first-order chi connectivity index (χ1) is 16.1. The van der Waals surface area contributed by atoms with E-state index in [9.17, 15) is 4.39 Å². The first kappa shape index (κ1) is 22.1.